The number of amides is 1. The molecule has 0 unspecified atom stereocenters. The van der Waals surface area contributed by atoms with E-state index in [0.29, 0.717) is 42.7 Å². The Balaban J connectivity index is 0.000000289. The number of carbonyl (C=O) groups excluding carboxylic acids is 2. The molecule has 1 saturated heterocycles. The van der Waals surface area contributed by atoms with E-state index in [-0.39, 0.29) is 11.7 Å². The molecule has 1 aliphatic rings. The number of pyridine rings is 1. The summed E-state index contributed by atoms with van der Waals surface area (Å²) in [5.41, 5.74) is 7.45. The standard InChI is InChI=1S/C22H28BN3O3.C19H29BO3/c1-15-13-19(18(4)17(3)16(15)2)5-8-22(27)26-11-9-25(10-12-26)21-7-6-20(14-24-21)23(28)29;1-2-3-4-5-6-7-8-9-10-11-12-19(21)17-13-15-18(16-14-17)20(22)23/h5-8,13-14,28-29H,9-12H2,1-4H3;11-16,22-23H,2-10H2,1H3/b8-5+;12-11+. The molecule has 4 rings (SSSR count). The third-order valence-electron chi connectivity index (χ3n) is 9.90. The largest absolute Gasteiger partial charge is 0.490 e. The van der Waals surface area contributed by atoms with Crippen LogP contribution in [0.5, 0.6) is 0 Å². The van der Waals surface area contributed by atoms with Crippen molar-refractivity contribution in [3.63, 3.8) is 0 Å². The van der Waals surface area contributed by atoms with Gasteiger partial charge in [0.25, 0.3) is 0 Å². The monoisotopic (exact) mass is 709 g/mol. The van der Waals surface area contributed by atoms with Crippen LogP contribution in [0.2, 0.25) is 0 Å². The van der Waals surface area contributed by atoms with Crippen LogP contribution in [-0.4, -0.2) is 82.1 Å². The van der Waals surface area contributed by atoms with Crippen LogP contribution in [0.3, 0.4) is 0 Å². The van der Waals surface area contributed by atoms with Gasteiger partial charge in [0.2, 0.25) is 5.91 Å². The van der Waals surface area contributed by atoms with Gasteiger partial charge in [0.05, 0.1) is 0 Å². The number of nitrogens with zero attached hydrogens (tertiary/aromatic N) is 3. The maximum absolute atomic E-state index is 12.6. The highest BCUT2D eigenvalue weighted by molar-refractivity contribution is 6.58. The molecular weight excluding hydrogens is 652 g/mol. The van der Waals surface area contributed by atoms with Crippen LogP contribution >= 0.6 is 0 Å². The van der Waals surface area contributed by atoms with Crippen LogP contribution in [-0.2, 0) is 4.79 Å². The van der Waals surface area contributed by atoms with E-state index in [9.17, 15) is 9.59 Å². The average molecular weight is 710 g/mol. The van der Waals surface area contributed by atoms with Crippen LogP contribution in [0.1, 0.15) is 103 Å². The number of aryl methyl sites for hydroxylation is 1. The van der Waals surface area contributed by atoms with E-state index in [1.165, 1.54) is 73.4 Å². The number of rotatable bonds is 16. The van der Waals surface area contributed by atoms with Gasteiger partial charge < -0.3 is 29.9 Å². The number of unbranched alkanes of at least 4 members (excludes halogenated alkanes) is 8. The number of hydrogen-bond acceptors (Lipinski definition) is 8. The molecule has 0 radical (unpaired) electrons. The summed E-state index contributed by atoms with van der Waals surface area (Å²) in [5.74, 6) is 0.758. The summed E-state index contributed by atoms with van der Waals surface area (Å²) in [6.07, 6.45) is 19.9. The number of ketones is 1. The Hall–Kier alpha value is -4.02. The molecule has 2 heterocycles. The lowest BCUT2D eigenvalue weighted by Crippen LogP contribution is -2.48. The third-order valence-corrected chi connectivity index (χ3v) is 9.90. The topological polar surface area (TPSA) is 134 Å². The van der Waals surface area contributed by atoms with Gasteiger partial charge in [-0.2, -0.15) is 0 Å². The highest BCUT2D eigenvalue weighted by Gasteiger charge is 2.21. The second-order valence-corrected chi connectivity index (χ2v) is 13.7. The van der Waals surface area contributed by atoms with Crippen molar-refractivity contribution in [3.8, 4) is 0 Å². The Morgan fingerprint density at radius 3 is 1.90 bits per heavy atom. The minimum atomic E-state index is -1.51. The Kier molecular flexibility index (Phi) is 18.0. The predicted molar refractivity (Wildman–Crippen MR) is 214 cm³/mol. The van der Waals surface area contributed by atoms with Gasteiger partial charge in [-0.1, -0.05) is 94.3 Å². The van der Waals surface area contributed by atoms with Gasteiger partial charge in [0, 0.05) is 49.5 Å². The lowest BCUT2D eigenvalue weighted by Gasteiger charge is -2.35. The molecule has 0 bridgehead atoms. The molecule has 1 fully saturated rings. The number of carbonyl (C=O) groups is 2. The summed E-state index contributed by atoms with van der Waals surface area (Å²) in [5, 5.41) is 36.4. The summed E-state index contributed by atoms with van der Waals surface area (Å²) in [6, 6.07) is 11.9. The minimum absolute atomic E-state index is 0.0200. The van der Waals surface area contributed by atoms with Crippen LogP contribution in [0, 0.1) is 27.7 Å². The number of anilines is 1. The molecule has 1 aliphatic heterocycles. The summed E-state index contributed by atoms with van der Waals surface area (Å²) in [7, 11) is -3.00. The van der Waals surface area contributed by atoms with E-state index in [1.807, 2.05) is 17.1 Å². The van der Waals surface area contributed by atoms with E-state index < -0.39 is 14.2 Å². The quantitative estimate of drug-likeness (QED) is 0.0708. The molecule has 1 amide bonds. The number of benzene rings is 2. The Bertz CT molecular complexity index is 1620. The SMILES string of the molecule is CCCCCCCCCC/C=C/C(=O)c1ccc(B(O)O)cc1.Cc1cc(/C=C/C(=O)N2CCN(c3ccc(B(O)O)cn3)CC2)c(C)c(C)c1C. The first-order valence-electron chi connectivity index (χ1n) is 18.7. The number of aromatic nitrogens is 1. The summed E-state index contributed by atoms with van der Waals surface area (Å²) in [6.45, 7) is 13.3. The molecule has 278 valence electrons. The van der Waals surface area contributed by atoms with Gasteiger partial charge in [-0.25, -0.2) is 4.98 Å². The molecule has 52 heavy (non-hydrogen) atoms. The second kappa shape index (κ2) is 22.1. The summed E-state index contributed by atoms with van der Waals surface area (Å²) >= 11 is 0. The molecule has 3 aromatic rings. The summed E-state index contributed by atoms with van der Waals surface area (Å²) < 4.78 is 0. The van der Waals surface area contributed by atoms with Gasteiger partial charge >= 0.3 is 14.2 Å². The fourth-order valence-corrected chi connectivity index (χ4v) is 6.08. The first kappa shape index (κ1) is 42.4. The van der Waals surface area contributed by atoms with Crippen LogP contribution in [0.4, 0.5) is 5.82 Å². The Labute approximate surface area is 311 Å². The summed E-state index contributed by atoms with van der Waals surface area (Å²) in [4.78, 5) is 32.8. The number of allylic oxidation sites excluding steroid dienone is 2. The maximum Gasteiger partial charge on any atom is 0.490 e. The molecule has 9 nitrogen and oxygen atoms in total. The first-order valence-corrected chi connectivity index (χ1v) is 18.7. The molecule has 2 aromatic carbocycles. The minimum Gasteiger partial charge on any atom is -0.423 e. The van der Waals surface area contributed by atoms with E-state index in [4.69, 9.17) is 20.1 Å². The number of piperazine rings is 1. The molecule has 11 heteroatoms. The fraction of sp³-hybridized carbons (Fsp3) is 0.439. The zero-order valence-corrected chi connectivity index (χ0v) is 31.7. The van der Waals surface area contributed by atoms with Crippen LogP contribution in [0.25, 0.3) is 6.08 Å². The predicted octanol–water partition coefficient (Wildman–Crippen LogP) is 4.99. The van der Waals surface area contributed by atoms with Gasteiger partial charge in [0.15, 0.2) is 5.78 Å². The zero-order valence-electron chi connectivity index (χ0n) is 31.7. The second-order valence-electron chi connectivity index (χ2n) is 13.7. The van der Waals surface area contributed by atoms with Crippen molar-refractivity contribution >= 4 is 48.7 Å². The zero-order chi connectivity index (χ0) is 38.0. The molecular formula is C41H57B2N3O6. The molecule has 0 saturated carbocycles. The molecule has 0 aliphatic carbocycles. The van der Waals surface area contributed by atoms with E-state index in [0.717, 1.165) is 24.2 Å². The Morgan fingerprint density at radius 1 is 0.731 bits per heavy atom. The van der Waals surface area contributed by atoms with Crippen molar-refractivity contribution in [2.45, 2.75) is 92.4 Å². The normalized spacial score (nSPS) is 13.0. The lowest BCUT2D eigenvalue weighted by atomic mass is 9.80. The van der Waals surface area contributed by atoms with Crippen molar-refractivity contribution in [1.29, 1.82) is 0 Å². The van der Waals surface area contributed by atoms with E-state index in [2.05, 4.69) is 50.6 Å². The van der Waals surface area contributed by atoms with Gasteiger partial charge in [-0.05, 0) is 92.0 Å². The van der Waals surface area contributed by atoms with Crippen molar-refractivity contribution in [2.24, 2.45) is 0 Å². The van der Waals surface area contributed by atoms with Crippen molar-refractivity contribution in [1.82, 2.24) is 9.88 Å². The van der Waals surface area contributed by atoms with Crippen molar-refractivity contribution < 1.29 is 29.7 Å². The smallest absolute Gasteiger partial charge is 0.423 e. The fourth-order valence-electron chi connectivity index (χ4n) is 6.08. The first-order chi connectivity index (χ1) is 24.9. The average Bonchev–Trinajstić information content (AvgIpc) is 3.15. The molecule has 4 N–H and O–H groups in total. The number of hydrogen-bond donors (Lipinski definition) is 4. The van der Waals surface area contributed by atoms with Gasteiger partial charge in [-0.15, -0.1) is 0 Å². The molecule has 0 spiro atoms. The van der Waals surface area contributed by atoms with Crippen LogP contribution < -0.4 is 15.8 Å². The van der Waals surface area contributed by atoms with Crippen LogP contribution in [0.15, 0.2) is 66.9 Å². The van der Waals surface area contributed by atoms with Gasteiger partial charge in [0.1, 0.15) is 5.82 Å². The van der Waals surface area contributed by atoms with Crippen molar-refractivity contribution in [2.75, 3.05) is 31.1 Å². The van der Waals surface area contributed by atoms with E-state index in [1.54, 1.807) is 48.6 Å². The maximum atomic E-state index is 12.6. The molecule has 1 aromatic heterocycles. The van der Waals surface area contributed by atoms with Gasteiger partial charge in [-0.3, -0.25) is 9.59 Å². The lowest BCUT2D eigenvalue weighted by molar-refractivity contribution is -0.126. The Morgan fingerprint density at radius 2 is 1.33 bits per heavy atom. The highest BCUT2D eigenvalue weighted by atomic mass is 16.4. The third kappa shape index (κ3) is 13.5. The van der Waals surface area contributed by atoms with E-state index >= 15 is 0 Å². The molecule has 0 atom stereocenters. The highest BCUT2D eigenvalue weighted by Crippen LogP contribution is 2.22. The van der Waals surface area contributed by atoms with Crippen molar-refractivity contribution in [3.05, 3.63) is 100 Å².